The minimum Gasteiger partial charge on any atom is -0.443 e. The molecule has 0 bridgehead atoms. The lowest BCUT2D eigenvalue weighted by Gasteiger charge is -2.24. The Bertz CT molecular complexity index is 800. The Balaban J connectivity index is 2.39. The molecular formula is C12H14N2O5S3. The van der Waals surface area contributed by atoms with Gasteiger partial charge in [0.15, 0.2) is 0 Å². The topological polar surface area (TPSA) is 107 Å². The molecule has 22 heavy (non-hydrogen) atoms. The normalized spacial score (nSPS) is 12.4. The van der Waals surface area contributed by atoms with E-state index in [0.29, 0.717) is 0 Å². The van der Waals surface area contributed by atoms with Crippen LogP contribution in [0.1, 0.15) is 30.4 Å². The van der Waals surface area contributed by atoms with Gasteiger partial charge in [0.05, 0.1) is 4.88 Å². The number of imide groups is 1. The van der Waals surface area contributed by atoms with Crippen molar-refractivity contribution in [1.82, 2.24) is 4.31 Å². The van der Waals surface area contributed by atoms with Crippen molar-refractivity contribution in [3.8, 4) is 0 Å². The molecule has 2 heterocycles. The third kappa shape index (κ3) is 3.64. The van der Waals surface area contributed by atoms with Crippen LogP contribution in [-0.2, 0) is 14.9 Å². The second-order valence-corrected chi connectivity index (χ2v) is 8.78. The lowest BCUT2D eigenvalue weighted by Crippen LogP contribution is -2.47. The van der Waals surface area contributed by atoms with E-state index in [-0.39, 0.29) is 9.18 Å². The molecule has 7 nitrogen and oxygen atoms in total. The van der Waals surface area contributed by atoms with Crippen LogP contribution in [0.5, 0.6) is 0 Å². The number of ether oxygens (including phenoxy) is 1. The molecular weight excluding hydrogens is 348 g/mol. The molecule has 0 aromatic carbocycles. The van der Waals surface area contributed by atoms with Gasteiger partial charge in [0.2, 0.25) is 0 Å². The van der Waals surface area contributed by atoms with Crippen molar-refractivity contribution in [3.63, 3.8) is 0 Å². The highest BCUT2D eigenvalue weighted by atomic mass is 32.2. The van der Waals surface area contributed by atoms with Crippen molar-refractivity contribution in [2.45, 2.75) is 26.4 Å². The molecule has 0 spiro atoms. The van der Waals surface area contributed by atoms with Crippen LogP contribution in [0.3, 0.4) is 0 Å². The molecule has 0 fully saturated rings. The van der Waals surface area contributed by atoms with Crippen LogP contribution in [0.25, 0.3) is 9.40 Å². The van der Waals surface area contributed by atoms with Crippen LogP contribution in [-0.4, -0.2) is 30.3 Å². The summed E-state index contributed by atoms with van der Waals surface area (Å²) in [6, 6.07) is 3.33. The summed E-state index contributed by atoms with van der Waals surface area (Å²) in [7, 11) is -4.59. The maximum absolute atomic E-state index is 12.4. The van der Waals surface area contributed by atoms with Crippen molar-refractivity contribution in [2.24, 2.45) is 5.14 Å². The van der Waals surface area contributed by atoms with Crippen molar-refractivity contribution >= 4 is 54.3 Å². The number of amides is 2. The predicted octanol–water partition coefficient (Wildman–Crippen LogP) is 2.54. The summed E-state index contributed by atoms with van der Waals surface area (Å²) in [5.41, 5.74) is -0.962. The minimum absolute atomic E-state index is 0.0480. The summed E-state index contributed by atoms with van der Waals surface area (Å²) in [5.74, 6) is -1.02. The van der Waals surface area contributed by atoms with Gasteiger partial charge in [0.1, 0.15) is 5.60 Å². The van der Waals surface area contributed by atoms with E-state index >= 15 is 0 Å². The Kier molecular flexibility index (Phi) is 4.30. The SMILES string of the molecule is CC(C)(C)OC(=O)N(C(=O)c1cc2sccc2s1)S(N)(=O)=O. The first-order valence-electron chi connectivity index (χ1n) is 6.06. The van der Waals surface area contributed by atoms with E-state index in [0.717, 1.165) is 20.7 Å². The third-order valence-electron chi connectivity index (χ3n) is 2.35. The Hall–Kier alpha value is -1.49. The maximum atomic E-state index is 12.4. The van der Waals surface area contributed by atoms with E-state index in [1.54, 1.807) is 26.8 Å². The number of rotatable bonds is 2. The number of nitrogens with zero attached hydrogens (tertiary/aromatic N) is 1. The number of nitrogens with two attached hydrogens (primary N) is 1. The van der Waals surface area contributed by atoms with Gasteiger partial charge in [-0.2, -0.15) is 8.42 Å². The second-order valence-electron chi connectivity index (χ2n) is 5.35. The van der Waals surface area contributed by atoms with Gasteiger partial charge in [-0.1, -0.05) is 0 Å². The molecule has 2 aromatic rings. The van der Waals surface area contributed by atoms with Crippen molar-refractivity contribution < 1.29 is 22.7 Å². The first-order chi connectivity index (χ1) is 9.99. The average molecular weight is 362 g/mol. The van der Waals surface area contributed by atoms with Crippen molar-refractivity contribution in [2.75, 3.05) is 0 Å². The molecule has 0 aliphatic heterocycles. The van der Waals surface area contributed by atoms with Crippen molar-refractivity contribution in [3.05, 3.63) is 22.4 Å². The van der Waals surface area contributed by atoms with Gasteiger partial charge < -0.3 is 4.74 Å². The van der Waals surface area contributed by atoms with E-state index in [9.17, 15) is 18.0 Å². The minimum atomic E-state index is -4.59. The highest BCUT2D eigenvalue weighted by molar-refractivity contribution is 7.88. The largest absolute Gasteiger partial charge is 0.443 e. The molecule has 2 amide bonds. The highest BCUT2D eigenvalue weighted by Gasteiger charge is 2.36. The number of hydrogen-bond acceptors (Lipinski definition) is 7. The van der Waals surface area contributed by atoms with Gasteiger partial charge in [-0.3, -0.25) is 4.79 Å². The summed E-state index contributed by atoms with van der Waals surface area (Å²) >= 11 is 2.49. The molecule has 2 rings (SSSR count). The van der Waals surface area contributed by atoms with E-state index < -0.39 is 27.8 Å². The van der Waals surface area contributed by atoms with Crippen LogP contribution in [0.2, 0.25) is 0 Å². The summed E-state index contributed by atoms with van der Waals surface area (Å²) in [6.07, 6.45) is -1.32. The molecule has 0 unspecified atom stereocenters. The molecule has 0 aliphatic rings. The zero-order valence-corrected chi connectivity index (χ0v) is 14.5. The Morgan fingerprint density at radius 1 is 1.27 bits per heavy atom. The van der Waals surface area contributed by atoms with Gasteiger partial charge >= 0.3 is 16.3 Å². The predicted molar refractivity (Wildman–Crippen MR) is 85.2 cm³/mol. The summed E-state index contributed by atoms with van der Waals surface area (Å²) in [4.78, 5) is 24.5. The fraction of sp³-hybridized carbons (Fsp3) is 0.333. The monoisotopic (exact) mass is 362 g/mol. The van der Waals surface area contributed by atoms with Crippen LogP contribution < -0.4 is 5.14 Å². The lowest BCUT2D eigenvalue weighted by molar-refractivity contribution is 0.0372. The Morgan fingerprint density at radius 3 is 2.41 bits per heavy atom. The Labute approximate surface area is 135 Å². The standard InChI is InChI=1S/C12H14N2O5S3/c1-12(2,3)19-11(16)14(22(13,17)18)10(15)9-6-8-7(21-9)4-5-20-8/h4-6H,1-3H3,(H2,13,17,18). The van der Waals surface area contributed by atoms with Crippen LogP contribution in [0.4, 0.5) is 4.79 Å². The number of thiophene rings is 2. The molecule has 0 radical (unpaired) electrons. The first-order valence-corrected chi connectivity index (χ1v) is 9.26. The molecule has 0 atom stereocenters. The fourth-order valence-corrected chi connectivity index (χ4v) is 4.25. The van der Waals surface area contributed by atoms with Gasteiger partial charge in [-0.15, -0.1) is 27.0 Å². The molecule has 0 saturated carbocycles. The molecule has 0 saturated heterocycles. The van der Waals surface area contributed by atoms with E-state index in [1.165, 1.54) is 17.4 Å². The molecule has 10 heteroatoms. The maximum Gasteiger partial charge on any atom is 0.432 e. The van der Waals surface area contributed by atoms with E-state index in [1.807, 2.05) is 5.38 Å². The third-order valence-corrected chi connectivity index (χ3v) is 5.25. The Morgan fingerprint density at radius 2 is 1.91 bits per heavy atom. The lowest BCUT2D eigenvalue weighted by atomic mass is 10.2. The van der Waals surface area contributed by atoms with Crippen LogP contribution in [0.15, 0.2) is 17.5 Å². The van der Waals surface area contributed by atoms with Gasteiger partial charge in [0.25, 0.3) is 5.91 Å². The van der Waals surface area contributed by atoms with Gasteiger partial charge in [-0.05, 0) is 38.3 Å². The quantitative estimate of drug-likeness (QED) is 0.883. The van der Waals surface area contributed by atoms with E-state index in [2.05, 4.69) is 0 Å². The fourth-order valence-electron chi connectivity index (χ4n) is 1.58. The summed E-state index contributed by atoms with van der Waals surface area (Å²) in [5, 5.41) is 6.84. The second kappa shape index (κ2) is 5.61. The van der Waals surface area contributed by atoms with Crippen LogP contribution in [0, 0.1) is 0 Å². The first kappa shape index (κ1) is 16.9. The summed E-state index contributed by atoms with van der Waals surface area (Å²) < 4.78 is 29.8. The number of hydrogen-bond donors (Lipinski definition) is 1. The zero-order chi connectivity index (χ0) is 16.7. The van der Waals surface area contributed by atoms with Gasteiger partial charge in [0, 0.05) is 9.40 Å². The van der Waals surface area contributed by atoms with Gasteiger partial charge in [-0.25, -0.2) is 9.93 Å². The number of carbonyl (C=O) groups excluding carboxylic acids is 2. The molecule has 2 aromatic heterocycles. The molecule has 0 aliphatic carbocycles. The molecule has 120 valence electrons. The highest BCUT2D eigenvalue weighted by Crippen LogP contribution is 2.31. The number of fused-ring (bicyclic) bond motifs is 1. The molecule has 2 N–H and O–H groups in total. The smallest absolute Gasteiger partial charge is 0.432 e. The average Bonchev–Trinajstić information content (AvgIpc) is 2.82. The zero-order valence-electron chi connectivity index (χ0n) is 12.0. The summed E-state index contributed by atoms with van der Waals surface area (Å²) in [6.45, 7) is 4.66. The van der Waals surface area contributed by atoms with Crippen molar-refractivity contribution in [1.29, 1.82) is 0 Å². The number of carbonyl (C=O) groups is 2. The van der Waals surface area contributed by atoms with E-state index in [4.69, 9.17) is 9.88 Å². The van der Waals surface area contributed by atoms with Crippen LogP contribution >= 0.6 is 22.7 Å².